The van der Waals surface area contributed by atoms with Crippen LogP contribution in [0.15, 0.2) is 18.5 Å². The van der Waals surface area contributed by atoms with Crippen molar-refractivity contribution >= 4 is 18.2 Å². The molecule has 1 aliphatic heterocycles. The lowest BCUT2D eigenvalue weighted by Gasteiger charge is -2.36. The molecule has 0 bridgehead atoms. The third-order valence-electron chi connectivity index (χ3n) is 5.36. The quantitative estimate of drug-likeness (QED) is 0.833. The molecule has 2 heterocycles. The first-order valence-electron chi connectivity index (χ1n) is 8.92. The molecule has 0 amide bonds. The SMILES string of the molecule is CC(=O)c1c(C)cc(C)c(CN2CCNCC2c2nccn2C)c1C.Cl. The molecular formula is C20H29ClN4O. The molecule has 0 aliphatic carbocycles. The third-order valence-corrected chi connectivity index (χ3v) is 5.36. The summed E-state index contributed by atoms with van der Waals surface area (Å²) in [7, 11) is 2.05. The van der Waals surface area contributed by atoms with Crippen molar-refractivity contribution < 1.29 is 4.79 Å². The molecule has 5 nitrogen and oxygen atoms in total. The second-order valence-corrected chi connectivity index (χ2v) is 7.13. The number of halogens is 1. The van der Waals surface area contributed by atoms with E-state index in [1.807, 2.05) is 26.4 Å². The van der Waals surface area contributed by atoms with Crippen LogP contribution in [0, 0.1) is 20.8 Å². The van der Waals surface area contributed by atoms with Crippen LogP contribution in [0.3, 0.4) is 0 Å². The van der Waals surface area contributed by atoms with Crippen LogP contribution < -0.4 is 5.32 Å². The van der Waals surface area contributed by atoms with Gasteiger partial charge < -0.3 is 9.88 Å². The summed E-state index contributed by atoms with van der Waals surface area (Å²) in [5.74, 6) is 1.23. The topological polar surface area (TPSA) is 50.2 Å². The zero-order valence-corrected chi connectivity index (χ0v) is 17.1. The molecule has 1 unspecified atom stereocenters. The Hall–Kier alpha value is -1.69. The predicted molar refractivity (Wildman–Crippen MR) is 107 cm³/mol. The van der Waals surface area contributed by atoms with Crippen LogP contribution in [0.1, 0.15) is 51.4 Å². The van der Waals surface area contributed by atoms with Gasteiger partial charge in [-0.25, -0.2) is 4.98 Å². The number of nitrogens with zero attached hydrogens (tertiary/aromatic N) is 3. The van der Waals surface area contributed by atoms with E-state index in [0.29, 0.717) is 0 Å². The number of carbonyl (C=O) groups excluding carboxylic acids is 1. The molecule has 1 aliphatic rings. The predicted octanol–water partition coefficient (Wildman–Crippen LogP) is 3.12. The lowest BCUT2D eigenvalue weighted by molar-refractivity contribution is 0.101. The van der Waals surface area contributed by atoms with Gasteiger partial charge in [-0.1, -0.05) is 6.07 Å². The maximum absolute atomic E-state index is 12.1. The summed E-state index contributed by atoms with van der Waals surface area (Å²) in [4.78, 5) is 19.1. The highest BCUT2D eigenvalue weighted by molar-refractivity contribution is 5.97. The normalized spacial score (nSPS) is 17.8. The lowest BCUT2D eigenvalue weighted by Crippen LogP contribution is -2.46. The minimum atomic E-state index is 0. The Morgan fingerprint density at radius 2 is 2.04 bits per heavy atom. The molecule has 26 heavy (non-hydrogen) atoms. The van der Waals surface area contributed by atoms with E-state index in [-0.39, 0.29) is 24.2 Å². The van der Waals surface area contributed by atoms with Crippen LogP contribution in [0.25, 0.3) is 0 Å². The number of nitrogens with one attached hydrogen (secondary N) is 1. The molecule has 1 fully saturated rings. The number of imidazole rings is 1. The molecule has 0 spiro atoms. The average molecular weight is 377 g/mol. The van der Waals surface area contributed by atoms with E-state index in [0.717, 1.165) is 48.7 Å². The number of rotatable bonds is 4. The molecule has 2 aromatic rings. The van der Waals surface area contributed by atoms with Gasteiger partial charge >= 0.3 is 0 Å². The Kier molecular flexibility index (Phi) is 6.61. The number of benzene rings is 1. The molecule has 142 valence electrons. The van der Waals surface area contributed by atoms with Crippen molar-refractivity contribution in [1.82, 2.24) is 19.8 Å². The number of ketones is 1. The third kappa shape index (κ3) is 3.85. The molecule has 1 aromatic carbocycles. The van der Waals surface area contributed by atoms with Gasteiger partial charge in [-0.2, -0.15) is 0 Å². The number of hydrogen-bond donors (Lipinski definition) is 1. The smallest absolute Gasteiger partial charge is 0.160 e. The minimum Gasteiger partial charge on any atom is -0.337 e. The Labute approximate surface area is 162 Å². The summed E-state index contributed by atoms with van der Waals surface area (Å²) in [5.41, 5.74) is 5.62. The summed E-state index contributed by atoms with van der Waals surface area (Å²) in [5, 5.41) is 3.48. The number of aromatic nitrogens is 2. The number of carbonyl (C=O) groups is 1. The minimum absolute atomic E-state index is 0. The summed E-state index contributed by atoms with van der Waals surface area (Å²) in [6.07, 6.45) is 3.86. The maximum Gasteiger partial charge on any atom is 0.160 e. The first kappa shape index (κ1) is 20.6. The van der Waals surface area contributed by atoms with Crippen molar-refractivity contribution in [3.8, 4) is 0 Å². The summed E-state index contributed by atoms with van der Waals surface area (Å²) >= 11 is 0. The van der Waals surface area contributed by atoms with E-state index in [1.54, 1.807) is 6.92 Å². The van der Waals surface area contributed by atoms with Crippen molar-refractivity contribution in [3.63, 3.8) is 0 Å². The van der Waals surface area contributed by atoms with Crippen LogP contribution in [0.4, 0.5) is 0 Å². The monoisotopic (exact) mass is 376 g/mol. The van der Waals surface area contributed by atoms with Gasteiger partial charge in [-0.15, -0.1) is 12.4 Å². The van der Waals surface area contributed by atoms with Gasteiger partial charge in [-0.3, -0.25) is 9.69 Å². The fourth-order valence-electron chi connectivity index (χ4n) is 4.10. The summed E-state index contributed by atoms with van der Waals surface area (Å²) in [6.45, 7) is 11.6. The zero-order chi connectivity index (χ0) is 18.1. The van der Waals surface area contributed by atoms with Gasteiger partial charge in [0, 0.05) is 51.2 Å². The van der Waals surface area contributed by atoms with Crippen LogP contribution in [0.2, 0.25) is 0 Å². The molecule has 1 atom stereocenters. The van der Waals surface area contributed by atoms with Crippen molar-refractivity contribution in [2.24, 2.45) is 7.05 Å². The van der Waals surface area contributed by atoms with Gasteiger partial charge in [0.25, 0.3) is 0 Å². The van der Waals surface area contributed by atoms with Crippen molar-refractivity contribution in [2.75, 3.05) is 19.6 Å². The Morgan fingerprint density at radius 3 is 2.65 bits per heavy atom. The number of piperazine rings is 1. The highest BCUT2D eigenvalue weighted by Gasteiger charge is 2.28. The van der Waals surface area contributed by atoms with E-state index in [1.165, 1.54) is 11.1 Å². The van der Waals surface area contributed by atoms with E-state index in [2.05, 4.69) is 39.7 Å². The van der Waals surface area contributed by atoms with Crippen molar-refractivity contribution in [2.45, 2.75) is 40.3 Å². The zero-order valence-electron chi connectivity index (χ0n) is 16.3. The molecule has 0 radical (unpaired) electrons. The van der Waals surface area contributed by atoms with Gasteiger partial charge in [0.15, 0.2) is 5.78 Å². The van der Waals surface area contributed by atoms with Crippen molar-refractivity contribution in [3.05, 3.63) is 52.1 Å². The van der Waals surface area contributed by atoms with E-state index in [9.17, 15) is 4.79 Å². The molecule has 6 heteroatoms. The Bertz CT molecular complexity index is 799. The Balaban J connectivity index is 0.00000243. The standard InChI is InChI=1S/C20H28N4O.ClH/c1-13-10-14(2)19(16(4)25)15(3)17(13)12-24-9-6-21-11-18(24)20-22-7-8-23(20)5;/h7-8,10,18,21H,6,9,11-12H2,1-5H3;1H. The van der Waals surface area contributed by atoms with Crippen LogP contribution >= 0.6 is 12.4 Å². The van der Waals surface area contributed by atoms with Gasteiger partial charge in [0.1, 0.15) is 5.82 Å². The number of aryl methyl sites for hydroxylation is 3. The second-order valence-electron chi connectivity index (χ2n) is 7.13. The van der Waals surface area contributed by atoms with E-state index < -0.39 is 0 Å². The van der Waals surface area contributed by atoms with Crippen LogP contribution in [0.5, 0.6) is 0 Å². The summed E-state index contributed by atoms with van der Waals surface area (Å²) < 4.78 is 2.10. The van der Waals surface area contributed by atoms with E-state index >= 15 is 0 Å². The molecule has 3 rings (SSSR count). The van der Waals surface area contributed by atoms with Crippen molar-refractivity contribution in [1.29, 1.82) is 0 Å². The molecule has 1 aromatic heterocycles. The fraction of sp³-hybridized carbons (Fsp3) is 0.500. The van der Waals surface area contributed by atoms with Gasteiger partial charge in [0.05, 0.1) is 6.04 Å². The summed E-state index contributed by atoms with van der Waals surface area (Å²) in [6, 6.07) is 2.39. The first-order valence-corrected chi connectivity index (χ1v) is 8.92. The highest BCUT2D eigenvalue weighted by Crippen LogP contribution is 2.28. The van der Waals surface area contributed by atoms with E-state index in [4.69, 9.17) is 0 Å². The van der Waals surface area contributed by atoms with Crippen LogP contribution in [-0.2, 0) is 13.6 Å². The molecule has 0 saturated carbocycles. The first-order chi connectivity index (χ1) is 11.9. The fourth-order valence-corrected chi connectivity index (χ4v) is 4.10. The van der Waals surface area contributed by atoms with Gasteiger partial charge in [-0.05, 0) is 49.9 Å². The molecule has 1 saturated heterocycles. The molecule has 1 N–H and O–H groups in total. The van der Waals surface area contributed by atoms with Gasteiger partial charge in [0.2, 0.25) is 0 Å². The average Bonchev–Trinajstić information content (AvgIpc) is 2.97. The maximum atomic E-state index is 12.1. The molecular weight excluding hydrogens is 348 g/mol. The Morgan fingerprint density at radius 1 is 1.31 bits per heavy atom. The number of Topliss-reactive ketones (excluding diaryl/α,β-unsaturated/α-hetero) is 1. The highest BCUT2D eigenvalue weighted by atomic mass is 35.5. The number of hydrogen-bond acceptors (Lipinski definition) is 4. The largest absolute Gasteiger partial charge is 0.337 e. The van der Waals surface area contributed by atoms with Crippen LogP contribution in [-0.4, -0.2) is 39.9 Å². The lowest BCUT2D eigenvalue weighted by atomic mass is 9.91. The second kappa shape index (κ2) is 8.33.